The molecule has 3 heteroatoms. The van der Waals surface area contributed by atoms with Crippen molar-refractivity contribution in [3.8, 4) is 0 Å². The number of likely N-dealkylation sites (tertiary alicyclic amines) is 1. The zero-order chi connectivity index (χ0) is 11.5. The van der Waals surface area contributed by atoms with Gasteiger partial charge in [-0.3, -0.25) is 4.90 Å². The molecule has 1 saturated heterocycles. The van der Waals surface area contributed by atoms with Gasteiger partial charge in [0.1, 0.15) is 5.82 Å². The largest absolute Gasteiger partial charge is 0.384 e. The van der Waals surface area contributed by atoms with E-state index in [4.69, 9.17) is 5.73 Å². The highest BCUT2D eigenvalue weighted by Crippen LogP contribution is 2.32. The van der Waals surface area contributed by atoms with E-state index >= 15 is 0 Å². The third kappa shape index (κ3) is 2.35. The third-order valence-electron chi connectivity index (χ3n) is 3.40. The Morgan fingerprint density at radius 2 is 2.19 bits per heavy atom. The number of aromatic nitrogens is 1. The highest BCUT2D eigenvalue weighted by molar-refractivity contribution is 5.30. The molecule has 88 valence electrons. The Bertz CT molecular complexity index is 332. The van der Waals surface area contributed by atoms with E-state index < -0.39 is 0 Å². The summed E-state index contributed by atoms with van der Waals surface area (Å²) < 4.78 is 0. The van der Waals surface area contributed by atoms with Crippen LogP contribution >= 0.6 is 0 Å². The Morgan fingerprint density at radius 1 is 1.38 bits per heavy atom. The maximum Gasteiger partial charge on any atom is 0.123 e. The van der Waals surface area contributed by atoms with E-state index in [9.17, 15) is 0 Å². The molecule has 3 nitrogen and oxygen atoms in total. The molecule has 0 radical (unpaired) electrons. The first-order valence-electron chi connectivity index (χ1n) is 6.15. The first kappa shape index (κ1) is 11.4. The standard InChI is InChI=1S/C13H21N3/c1-10(2)16-8-4-3-5-12(16)11-6-7-13(14)15-9-11/h6-7,9-10,12H,3-5,8H2,1-2H3,(H2,14,15). The lowest BCUT2D eigenvalue weighted by Gasteiger charge is -2.38. The molecule has 16 heavy (non-hydrogen) atoms. The van der Waals surface area contributed by atoms with Gasteiger partial charge in [-0.1, -0.05) is 12.5 Å². The predicted octanol–water partition coefficient (Wildman–Crippen LogP) is 2.60. The van der Waals surface area contributed by atoms with Crippen LogP contribution in [0.25, 0.3) is 0 Å². The second-order valence-electron chi connectivity index (χ2n) is 4.86. The second-order valence-corrected chi connectivity index (χ2v) is 4.86. The van der Waals surface area contributed by atoms with Crippen molar-refractivity contribution in [2.24, 2.45) is 0 Å². The Kier molecular flexibility index (Phi) is 3.44. The number of nitrogens with zero attached hydrogens (tertiary/aromatic N) is 2. The monoisotopic (exact) mass is 219 g/mol. The Labute approximate surface area is 97.7 Å². The van der Waals surface area contributed by atoms with Crippen molar-refractivity contribution >= 4 is 5.82 Å². The van der Waals surface area contributed by atoms with E-state index in [-0.39, 0.29) is 0 Å². The third-order valence-corrected chi connectivity index (χ3v) is 3.40. The molecule has 2 N–H and O–H groups in total. The van der Waals surface area contributed by atoms with Crippen LogP contribution in [-0.2, 0) is 0 Å². The van der Waals surface area contributed by atoms with Gasteiger partial charge in [-0.15, -0.1) is 0 Å². The molecule has 0 aromatic carbocycles. The van der Waals surface area contributed by atoms with Crippen molar-refractivity contribution in [1.29, 1.82) is 0 Å². The fourth-order valence-corrected chi connectivity index (χ4v) is 2.54. The Morgan fingerprint density at radius 3 is 2.81 bits per heavy atom. The summed E-state index contributed by atoms with van der Waals surface area (Å²) in [6.07, 6.45) is 5.81. The summed E-state index contributed by atoms with van der Waals surface area (Å²) in [5.74, 6) is 0.607. The number of rotatable bonds is 2. The lowest BCUT2D eigenvalue weighted by Crippen LogP contribution is -2.38. The van der Waals surface area contributed by atoms with E-state index in [1.54, 1.807) is 0 Å². The van der Waals surface area contributed by atoms with Crippen LogP contribution in [0.3, 0.4) is 0 Å². The summed E-state index contributed by atoms with van der Waals surface area (Å²) in [7, 11) is 0. The Hall–Kier alpha value is -1.09. The average molecular weight is 219 g/mol. The summed E-state index contributed by atoms with van der Waals surface area (Å²) in [6.45, 7) is 5.73. The summed E-state index contributed by atoms with van der Waals surface area (Å²) in [4.78, 5) is 6.77. The lowest BCUT2D eigenvalue weighted by molar-refractivity contribution is 0.112. The van der Waals surface area contributed by atoms with Crippen LogP contribution < -0.4 is 5.73 Å². The zero-order valence-electron chi connectivity index (χ0n) is 10.2. The van der Waals surface area contributed by atoms with Gasteiger partial charge in [0.05, 0.1) is 0 Å². The fourth-order valence-electron chi connectivity index (χ4n) is 2.54. The van der Waals surface area contributed by atoms with Crippen LogP contribution in [-0.4, -0.2) is 22.5 Å². The van der Waals surface area contributed by atoms with Crippen LogP contribution in [0.1, 0.15) is 44.7 Å². The highest BCUT2D eigenvalue weighted by atomic mass is 15.2. The van der Waals surface area contributed by atoms with Crippen molar-refractivity contribution in [3.63, 3.8) is 0 Å². The first-order chi connectivity index (χ1) is 7.68. The van der Waals surface area contributed by atoms with Gasteiger partial charge in [0.15, 0.2) is 0 Å². The summed E-state index contributed by atoms with van der Waals surface area (Å²) in [5, 5.41) is 0. The van der Waals surface area contributed by atoms with Crippen LogP contribution in [0.4, 0.5) is 5.82 Å². The zero-order valence-corrected chi connectivity index (χ0v) is 10.2. The molecular formula is C13H21N3. The first-order valence-corrected chi connectivity index (χ1v) is 6.15. The van der Waals surface area contributed by atoms with Crippen molar-refractivity contribution in [2.75, 3.05) is 12.3 Å². The van der Waals surface area contributed by atoms with Crippen LogP contribution in [0.5, 0.6) is 0 Å². The molecule has 1 aliphatic rings. The second kappa shape index (κ2) is 4.83. The smallest absolute Gasteiger partial charge is 0.123 e. The molecule has 0 spiro atoms. The average Bonchev–Trinajstić information content (AvgIpc) is 2.30. The van der Waals surface area contributed by atoms with Gasteiger partial charge >= 0.3 is 0 Å². The molecule has 2 heterocycles. The number of pyridine rings is 1. The Balaban J connectivity index is 2.19. The van der Waals surface area contributed by atoms with E-state index in [1.807, 2.05) is 12.3 Å². The lowest BCUT2D eigenvalue weighted by atomic mass is 9.95. The quantitative estimate of drug-likeness (QED) is 0.831. The molecule has 1 aromatic rings. The topological polar surface area (TPSA) is 42.1 Å². The molecule has 1 unspecified atom stereocenters. The molecule has 0 bridgehead atoms. The van der Waals surface area contributed by atoms with Gasteiger partial charge in [0, 0.05) is 18.3 Å². The summed E-state index contributed by atoms with van der Waals surface area (Å²) in [6, 6.07) is 5.15. The van der Waals surface area contributed by atoms with Crippen LogP contribution in [0.15, 0.2) is 18.3 Å². The maximum absolute atomic E-state index is 5.63. The highest BCUT2D eigenvalue weighted by Gasteiger charge is 2.25. The van der Waals surface area contributed by atoms with Gasteiger partial charge < -0.3 is 5.73 Å². The van der Waals surface area contributed by atoms with E-state index in [0.717, 1.165) is 0 Å². The SMILES string of the molecule is CC(C)N1CCCCC1c1ccc(N)nc1. The minimum absolute atomic E-state index is 0.529. The van der Waals surface area contributed by atoms with Crippen molar-refractivity contribution in [2.45, 2.75) is 45.2 Å². The summed E-state index contributed by atoms with van der Waals surface area (Å²) >= 11 is 0. The van der Waals surface area contributed by atoms with Crippen molar-refractivity contribution < 1.29 is 0 Å². The molecule has 0 amide bonds. The van der Waals surface area contributed by atoms with Crippen molar-refractivity contribution in [3.05, 3.63) is 23.9 Å². The molecule has 1 aromatic heterocycles. The summed E-state index contributed by atoms with van der Waals surface area (Å²) in [5.41, 5.74) is 6.93. The van der Waals surface area contributed by atoms with Crippen LogP contribution in [0, 0.1) is 0 Å². The van der Waals surface area contributed by atoms with Gasteiger partial charge in [0.25, 0.3) is 0 Å². The molecule has 1 atom stereocenters. The van der Waals surface area contributed by atoms with Gasteiger partial charge in [-0.2, -0.15) is 0 Å². The van der Waals surface area contributed by atoms with E-state index in [2.05, 4.69) is 29.8 Å². The normalized spacial score (nSPS) is 22.6. The minimum atomic E-state index is 0.529. The van der Waals surface area contributed by atoms with E-state index in [0.29, 0.717) is 17.9 Å². The number of nitrogen functional groups attached to an aromatic ring is 1. The van der Waals surface area contributed by atoms with Gasteiger partial charge in [-0.25, -0.2) is 4.98 Å². The molecule has 2 rings (SSSR count). The fraction of sp³-hybridized carbons (Fsp3) is 0.615. The van der Waals surface area contributed by atoms with E-state index in [1.165, 1.54) is 31.4 Å². The molecular weight excluding hydrogens is 198 g/mol. The number of hydrogen-bond acceptors (Lipinski definition) is 3. The molecule has 1 aliphatic heterocycles. The van der Waals surface area contributed by atoms with Gasteiger partial charge in [-0.05, 0) is 44.9 Å². The molecule has 0 aliphatic carbocycles. The maximum atomic E-state index is 5.63. The van der Waals surface area contributed by atoms with Gasteiger partial charge in [0.2, 0.25) is 0 Å². The number of piperidine rings is 1. The molecule has 0 saturated carbocycles. The van der Waals surface area contributed by atoms with Crippen LogP contribution in [0.2, 0.25) is 0 Å². The molecule has 1 fully saturated rings. The number of anilines is 1. The number of hydrogen-bond donors (Lipinski definition) is 1. The minimum Gasteiger partial charge on any atom is -0.384 e. The predicted molar refractivity (Wildman–Crippen MR) is 67.1 cm³/mol. The van der Waals surface area contributed by atoms with Crippen molar-refractivity contribution in [1.82, 2.24) is 9.88 Å². The number of nitrogens with two attached hydrogens (primary N) is 1.